The summed E-state index contributed by atoms with van der Waals surface area (Å²) in [6, 6.07) is 20.2. The van der Waals surface area contributed by atoms with E-state index in [4.69, 9.17) is 27.0 Å². The summed E-state index contributed by atoms with van der Waals surface area (Å²) in [5.74, 6) is 0.508. The second-order valence-electron chi connectivity index (χ2n) is 7.00. The molecule has 33 heavy (non-hydrogen) atoms. The molecule has 0 unspecified atom stereocenters. The lowest BCUT2D eigenvalue weighted by atomic mass is 10.1. The number of halogens is 1. The van der Waals surface area contributed by atoms with Crippen LogP contribution in [0.2, 0.25) is 0 Å². The third-order valence-electron chi connectivity index (χ3n) is 4.84. The van der Waals surface area contributed by atoms with Crippen LogP contribution in [0.25, 0.3) is 6.08 Å². The molecular formula is C25H17FN2O3S2. The first-order valence-electron chi connectivity index (χ1n) is 9.82. The number of carbonyl (C=O) groups is 1. The Kier molecular flexibility index (Phi) is 6.73. The molecule has 0 aliphatic carbocycles. The van der Waals surface area contributed by atoms with E-state index in [0.29, 0.717) is 32.0 Å². The lowest BCUT2D eigenvalue weighted by Gasteiger charge is -2.14. The van der Waals surface area contributed by atoms with Gasteiger partial charge in [-0.05, 0) is 65.7 Å². The second kappa shape index (κ2) is 9.86. The average molecular weight is 477 g/mol. The Morgan fingerprint density at radius 1 is 1.09 bits per heavy atom. The number of methoxy groups -OCH3 is 1. The first-order chi connectivity index (χ1) is 16.0. The summed E-state index contributed by atoms with van der Waals surface area (Å²) in [4.78, 5) is 14.9. The summed E-state index contributed by atoms with van der Waals surface area (Å²) in [5, 5.41) is 8.97. The molecule has 1 aliphatic rings. The minimum absolute atomic E-state index is 0.231. The van der Waals surface area contributed by atoms with Crippen LogP contribution in [0, 0.1) is 17.1 Å². The molecule has 0 atom stereocenters. The topological polar surface area (TPSA) is 62.6 Å². The number of amides is 1. The quantitative estimate of drug-likeness (QED) is 0.336. The van der Waals surface area contributed by atoms with Gasteiger partial charge in [0.15, 0.2) is 15.8 Å². The number of nitrogens with zero attached hydrogens (tertiary/aromatic N) is 2. The predicted molar refractivity (Wildman–Crippen MR) is 131 cm³/mol. The molecule has 1 fully saturated rings. The highest BCUT2D eigenvalue weighted by Crippen LogP contribution is 2.37. The van der Waals surface area contributed by atoms with E-state index in [-0.39, 0.29) is 18.3 Å². The summed E-state index contributed by atoms with van der Waals surface area (Å²) in [7, 11) is 1.54. The molecule has 1 aliphatic heterocycles. The highest BCUT2D eigenvalue weighted by Gasteiger charge is 2.33. The van der Waals surface area contributed by atoms with Crippen LogP contribution in [0.3, 0.4) is 0 Å². The highest BCUT2D eigenvalue weighted by atomic mass is 32.2. The van der Waals surface area contributed by atoms with Crippen LogP contribution in [0.15, 0.2) is 71.6 Å². The van der Waals surface area contributed by atoms with Crippen molar-refractivity contribution in [1.29, 1.82) is 5.26 Å². The largest absolute Gasteiger partial charge is 0.493 e. The molecule has 0 saturated carbocycles. The number of rotatable bonds is 6. The fourth-order valence-corrected chi connectivity index (χ4v) is 4.46. The minimum Gasteiger partial charge on any atom is -0.493 e. The number of thiocarbonyl (C=S) groups is 1. The number of hydrogen-bond acceptors (Lipinski definition) is 6. The molecule has 0 spiro atoms. The maximum atomic E-state index is 13.1. The van der Waals surface area contributed by atoms with Crippen molar-refractivity contribution in [3.63, 3.8) is 0 Å². The number of hydrogen-bond donors (Lipinski definition) is 0. The van der Waals surface area contributed by atoms with Crippen molar-refractivity contribution in [3.05, 3.63) is 94.1 Å². The van der Waals surface area contributed by atoms with Crippen molar-refractivity contribution in [2.75, 3.05) is 12.0 Å². The van der Waals surface area contributed by atoms with Gasteiger partial charge in [0, 0.05) is 0 Å². The number of anilines is 1. The van der Waals surface area contributed by atoms with Gasteiger partial charge in [-0.25, -0.2) is 4.39 Å². The fourth-order valence-electron chi connectivity index (χ4n) is 3.16. The summed E-state index contributed by atoms with van der Waals surface area (Å²) < 4.78 is 24.8. The van der Waals surface area contributed by atoms with Crippen molar-refractivity contribution in [3.8, 4) is 17.6 Å². The van der Waals surface area contributed by atoms with E-state index in [0.717, 1.165) is 11.1 Å². The van der Waals surface area contributed by atoms with Gasteiger partial charge in [0.2, 0.25) is 0 Å². The van der Waals surface area contributed by atoms with Gasteiger partial charge in [-0.3, -0.25) is 9.69 Å². The molecule has 3 aromatic carbocycles. The van der Waals surface area contributed by atoms with E-state index in [2.05, 4.69) is 6.07 Å². The Balaban J connectivity index is 1.52. The third kappa shape index (κ3) is 5.06. The maximum Gasteiger partial charge on any atom is 0.270 e. The van der Waals surface area contributed by atoms with Gasteiger partial charge in [-0.2, -0.15) is 5.26 Å². The zero-order chi connectivity index (χ0) is 23.4. The summed E-state index contributed by atoms with van der Waals surface area (Å²) >= 11 is 6.62. The van der Waals surface area contributed by atoms with E-state index in [1.807, 2.05) is 6.07 Å². The van der Waals surface area contributed by atoms with Gasteiger partial charge in [0.1, 0.15) is 12.4 Å². The van der Waals surface area contributed by atoms with Crippen molar-refractivity contribution in [1.82, 2.24) is 0 Å². The molecule has 0 aromatic heterocycles. The van der Waals surface area contributed by atoms with Gasteiger partial charge in [-0.15, -0.1) is 0 Å². The fraction of sp³-hybridized carbons (Fsp3) is 0.0800. The summed E-state index contributed by atoms with van der Waals surface area (Å²) in [6.07, 6.45) is 1.75. The average Bonchev–Trinajstić information content (AvgIpc) is 3.11. The second-order valence-corrected chi connectivity index (χ2v) is 8.68. The molecule has 0 bridgehead atoms. The normalized spacial score (nSPS) is 14.5. The van der Waals surface area contributed by atoms with Crippen molar-refractivity contribution in [2.24, 2.45) is 0 Å². The van der Waals surface area contributed by atoms with E-state index in [1.54, 1.807) is 54.6 Å². The minimum atomic E-state index is -0.301. The molecule has 0 N–H and O–H groups in total. The number of carbonyl (C=O) groups excluding carboxylic acids is 1. The molecule has 5 nitrogen and oxygen atoms in total. The first kappa shape index (κ1) is 22.5. The Labute approximate surface area is 200 Å². The smallest absolute Gasteiger partial charge is 0.270 e. The van der Waals surface area contributed by atoms with E-state index in [1.165, 1.54) is 35.9 Å². The standard InChI is InChI=1S/C25H17FN2O3S2/c1-30-22-12-18(6-11-21(22)31-15-17-2-7-19(26)8-3-17)13-23-24(29)28(25(32)33-23)20-9-4-16(14-27)5-10-20/h2-13H,15H2,1H3. The van der Waals surface area contributed by atoms with Crippen LogP contribution in [0.5, 0.6) is 11.5 Å². The van der Waals surface area contributed by atoms with Gasteiger partial charge in [0.25, 0.3) is 5.91 Å². The number of thioether (sulfide) groups is 1. The predicted octanol–water partition coefficient (Wildman–Crippen LogP) is 5.69. The zero-order valence-corrected chi connectivity index (χ0v) is 19.1. The van der Waals surface area contributed by atoms with Crippen molar-refractivity contribution < 1.29 is 18.7 Å². The SMILES string of the molecule is COc1cc(C=C2SC(=S)N(c3ccc(C#N)cc3)C2=O)ccc1OCc1ccc(F)cc1. The van der Waals surface area contributed by atoms with Crippen molar-refractivity contribution >= 4 is 46.0 Å². The van der Waals surface area contributed by atoms with Crippen molar-refractivity contribution in [2.45, 2.75) is 6.61 Å². The van der Waals surface area contributed by atoms with Crippen LogP contribution < -0.4 is 14.4 Å². The molecule has 4 rings (SSSR count). The molecule has 164 valence electrons. The maximum absolute atomic E-state index is 13.1. The van der Waals surface area contributed by atoms with Gasteiger partial charge < -0.3 is 9.47 Å². The van der Waals surface area contributed by atoms with Gasteiger partial charge in [0.05, 0.1) is 29.3 Å². The molecular weight excluding hydrogens is 459 g/mol. The molecule has 8 heteroatoms. The van der Waals surface area contributed by atoms with E-state index in [9.17, 15) is 9.18 Å². The van der Waals surface area contributed by atoms with E-state index >= 15 is 0 Å². The molecule has 1 heterocycles. The van der Waals surface area contributed by atoms with Crippen LogP contribution in [0.1, 0.15) is 16.7 Å². The summed E-state index contributed by atoms with van der Waals surface area (Å²) in [5.41, 5.74) is 2.70. The number of nitriles is 1. The summed E-state index contributed by atoms with van der Waals surface area (Å²) in [6.45, 7) is 0.263. The molecule has 1 saturated heterocycles. The van der Waals surface area contributed by atoms with Crippen LogP contribution in [-0.2, 0) is 11.4 Å². The Morgan fingerprint density at radius 3 is 2.48 bits per heavy atom. The molecule has 1 amide bonds. The third-order valence-corrected chi connectivity index (χ3v) is 6.14. The Morgan fingerprint density at radius 2 is 1.82 bits per heavy atom. The Bertz CT molecular complexity index is 1280. The van der Waals surface area contributed by atoms with Crippen LogP contribution in [0.4, 0.5) is 10.1 Å². The number of benzene rings is 3. The van der Waals surface area contributed by atoms with E-state index < -0.39 is 0 Å². The van der Waals surface area contributed by atoms with Gasteiger partial charge >= 0.3 is 0 Å². The van der Waals surface area contributed by atoms with Crippen LogP contribution in [-0.4, -0.2) is 17.3 Å². The zero-order valence-electron chi connectivity index (χ0n) is 17.4. The monoisotopic (exact) mass is 476 g/mol. The lowest BCUT2D eigenvalue weighted by molar-refractivity contribution is -0.113. The first-order valence-corrected chi connectivity index (χ1v) is 11.0. The van der Waals surface area contributed by atoms with Gasteiger partial charge in [-0.1, -0.05) is 42.2 Å². The lowest BCUT2D eigenvalue weighted by Crippen LogP contribution is -2.27. The molecule has 3 aromatic rings. The number of ether oxygens (including phenoxy) is 2. The Hall–Kier alpha value is -3.67. The van der Waals surface area contributed by atoms with Crippen LogP contribution >= 0.6 is 24.0 Å². The highest BCUT2D eigenvalue weighted by molar-refractivity contribution is 8.27. The molecule has 0 radical (unpaired) electrons.